The third-order valence-corrected chi connectivity index (χ3v) is 6.52. The lowest BCUT2D eigenvalue weighted by molar-refractivity contribution is -0.274. The third kappa shape index (κ3) is 3.47. The second-order valence-corrected chi connectivity index (χ2v) is 8.56. The number of likely N-dealkylation sites (tertiary alicyclic amines) is 1. The van der Waals surface area contributed by atoms with Crippen molar-refractivity contribution < 1.29 is 32.2 Å². The molecule has 2 N–H and O–H groups in total. The fourth-order valence-corrected chi connectivity index (χ4v) is 4.99. The number of nitrogens with zero attached hydrogens (tertiary/aromatic N) is 3. The fraction of sp³-hybridized carbons (Fsp3) is 0.348. The monoisotopic (exact) mass is 472 g/mol. The van der Waals surface area contributed by atoms with E-state index >= 15 is 0 Å². The largest absolute Gasteiger partial charge is 0.573 e. The Balaban J connectivity index is 1.34. The van der Waals surface area contributed by atoms with Crippen LogP contribution in [-0.2, 0) is 18.0 Å². The van der Waals surface area contributed by atoms with E-state index in [1.807, 2.05) is 0 Å². The predicted molar refractivity (Wildman–Crippen MR) is 113 cm³/mol. The molecule has 6 rings (SSSR count). The Hall–Kier alpha value is -3.60. The Morgan fingerprint density at radius 2 is 2.03 bits per heavy atom. The number of nitrogen functional groups attached to an aromatic ring is 1. The molecule has 34 heavy (non-hydrogen) atoms. The normalized spacial score (nSPS) is 21.1. The first-order valence-electron chi connectivity index (χ1n) is 10.8. The number of amides is 1. The van der Waals surface area contributed by atoms with Crippen LogP contribution in [0.5, 0.6) is 11.5 Å². The van der Waals surface area contributed by atoms with Gasteiger partial charge in [0.05, 0.1) is 31.0 Å². The molecule has 5 heterocycles. The first-order valence-corrected chi connectivity index (χ1v) is 10.8. The minimum absolute atomic E-state index is 0.195. The Labute approximate surface area is 191 Å². The van der Waals surface area contributed by atoms with E-state index in [0.29, 0.717) is 55.2 Å². The molecule has 0 saturated carbocycles. The van der Waals surface area contributed by atoms with Gasteiger partial charge in [-0.1, -0.05) is 0 Å². The van der Waals surface area contributed by atoms with Gasteiger partial charge in [-0.3, -0.25) is 4.79 Å². The summed E-state index contributed by atoms with van der Waals surface area (Å²) in [6, 6.07) is 5.36. The van der Waals surface area contributed by atoms with Crippen molar-refractivity contribution in [3.8, 4) is 11.5 Å². The predicted octanol–water partition coefficient (Wildman–Crippen LogP) is 3.88. The van der Waals surface area contributed by atoms with Crippen LogP contribution < -0.4 is 15.2 Å². The Kier molecular flexibility index (Phi) is 4.60. The molecule has 0 unspecified atom stereocenters. The number of ether oxygens (including phenoxy) is 3. The van der Waals surface area contributed by atoms with Crippen LogP contribution in [0.2, 0.25) is 0 Å². The van der Waals surface area contributed by atoms with Crippen LogP contribution in [0.4, 0.5) is 19.0 Å². The molecule has 3 aliphatic rings. The van der Waals surface area contributed by atoms with E-state index < -0.39 is 6.36 Å². The van der Waals surface area contributed by atoms with Crippen LogP contribution in [0.3, 0.4) is 0 Å². The maximum Gasteiger partial charge on any atom is 0.573 e. The summed E-state index contributed by atoms with van der Waals surface area (Å²) in [4.78, 5) is 24.0. The van der Waals surface area contributed by atoms with Gasteiger partial charge in [0.2, 0.25) is 0 Å². The SMILES string of the molecule is Nc1nc2cnc(C(=O)N3CC[C@H]4C[C@@H]3c3ccc(OC(F)(F)F)cc3O4)cc2c2c1COC2. The van der Waals surface area contributed by atoms with Crippen molar-refractivity contribution in [2.75, 3.05) is 12.3 Å². The number of pyridine rings is 2. The number of hydrogen-bond donors (Lipinski definition) is 1. The highest BCUT2D eigenvalue weighted by atomic mass is 19.4. The van der Waals surface area contributed by atoms with Crippen molar-refractivity contribution >= 4 is 22.6 Å². The number of piperidine rings is 1. The third-order valence-electron chi connectivity index (χ3n) is 6.52. The molecule has 11 heteroatoms. The minimum atomic E-state index is -4.80. The van der Waals surface area contributed by atoms with Gasteiger partial charge in [0.1, 0.15) is 29.1 Å². The van der Waals surface area contributed by atoms with Gasteiger partial charge < -0.3 is 24.8 Å². The average Bonchev–Trinajstić information content (AvgIpc) is 3.29. The number of rotatable bonds is 2. The van der Waals surface area contributed by atoms with Crippen molar-refractivity contribution in [1.29, 1.82) is 0 Å². The van der Waals surface area contributed by atoms with E-state index in [9.17, 15) is 18.0 Å². The zero-order valence-electron chi connectivity index (χ0n) is 17.8. The summed E-state index contributed by atoms with van der Waals surface area (Å²) < 4.78 is 53.3. The molecular formula is C23H19F3N4O4. The van der Waals surface area contributed by atoms with Crippen LogP contribution in [-0.4, -0.2) is 39.8 Å². The van der Waals surface area contributed by atoms with Crippen molar-refractivity contribution in [3.05, 3.63) is 52.8 Å². The van der Waals surface area contributed by atoms with Crippen LogP contribution in [0.1, 0.15) is 46.1 Å². The van der Waals surface area contributed by atoms with Crippen molar-refractivity contribution in [1.82, 2.24) is 14.9 Å². The summed E-state index contributed by atoms with van der Waals surface area (Å²) in [6.07, 6.45) is -2.36. The maximum absolute atomic E-state index is 13.5. The summed E-state index contributed by atoms with van der Waals surface area (Å²) in [6.45, 7) is 1.20. The molecule has 1 aromatic carbocycles. The summed E-state index contributed by atoms with van der Waals surface area (Å²) in [5.41, 5.74) is 9.25. The average molecular weight is 472 g/mol. The first kappa shape index (κ1) is 21.0. The molecule has 1 saturated heterocycles. The van der Waals surface area contributed by atoms with Gasteiger partial charge >= 0.3 is 6.36 Å². The number of nitrogens with two attached hydrogens (primary N) is 1. The lowest BCUT2D eigenvalue weighted by Gasteiger charge is -2.43. The number of benzene rings is 1. The zero-order chi connectivity index (χ0) is 23.6. The lowest BCUT2D eigenvalue weighted by atomic mass is 9.89. The van der Waals surface area contributed by atoms with E-state index in [2.05, 4.69) is 14.7 Å². The molecule has 2 bridgehead atoms. The maximum atomic E-state index is 13.5. The molecule has 1 fully saturated rings. The van der Waals surface area contributed by atoms with Crippen molar-refractivity contribution in [3.63, 3.8) is 0 Å². The number of halogens is 3. The Morgan fingerprint density at radius 1 is 1.21 bits per heavy atom. The molecule has 0 spiro atoms. The van der Waals surface area contributed by atoms with Gasteiger partial charge in [-0.05, 0) is 23.8 Å². The molecule has 8 nitrogen and oxygen atoms in total. The number of alkyl halides is 3. The Bertz CT molecular complexity index is 1330. The van der Waals surface area contributed by atoms with Crippen LogP contribution >= 0.6 is 0 Å². The van der Waals surface area contributed by atoms with E-state index in [1.165, 1.54) is 24.4 Å². The molecule has 176 valence electrons. The van der Waals surface area contributed by atoms with Gasteiger partial charge in [0.25, 0.3) is 5.91 Å². The van der Waals surface area contributed by atoms with E-state index in [4.69, 9.17) is 15.2 Å². The van der Waals surface area contributed by atoms with Gasteiger partial charge in [0, 0.05) is 42.0 Å². The highest BCUT2D eigenvalue weighted by Gasteiger charge is 2.40. The second-order valence-electron chi connectivity index (χ2n) is 8.56. The van der Waals surface area contributed by atoms with Gasteiger partial charge in [-0.2, -0.15) is 0 Å². The standard InChI is InChI=1S/C23H19F3N4O4/c24-23(25,26)34-12-1-2-13-19-5-11(33-20(13)6-12)3-4-30(19)22(31)17-7-14-15-9-32-10-16(15)21(27)29-18(14)8-28-17/h1-2,6-8,11,19H,3-5,9-10H2,(H2,27,29)/t11-,19+/m0/s1. The summed E-state index contributed by atoms with van der Waals surface area (Å²) in [5, 5.41) is 0.774. The molecule has 2 aromatic heterocycles. The molecule has 2 atom stereocenters. The topological polar surface area (TPSA) is 99.8 Å². The molecule has 0 radical (unpaired) electrons. The minimum Gasteiger partial charge on any atom is -0.490 e. The van der Waals surface area contributed by atoms with E-state index in [-0.39, 0.29) is 29.5 Å². The quantitative estimate of drug-likeness (QED) is 0.604. The molecular weight excluding hydrogens is 453 g/mol. The van der Waals surface area contributed by atoms with E-state index in [0.717, 1.165) is 16.5 Å². The number of aromatic nitrogens is 2. The molecule has 1 amide bonds. The Morgan fingerprint density at radius 3 is 2.85 bits per heavy atom. The highest BCUT2D eigenvalue weighted by Crippen LogP contribution is 2.44. The first-order chi connectivity index (χ1) is 16.3. The highest BCUT2D eigenvalue weighted by molar-refractivity contribution is 5.97. The van der Waals surface area contributed by atoms with Gasteiger partial charge in [0.15, 0.2) is 0 Å². The van der Waals surface area contributed by atoms with Crippen LogP contribution in [0, 0.1) is 0 Å². The number of carbonyl (C=O) groups excluding carboxylic acids is 1. The second kappa shape index (κ2) is 7.45. The molecule has 0 aliphatic carbocycles. The number of anilines is 1. The van der Waals surface area contributed by atoms with Crippen molar-refractivity contribution in [2.45, 2.75) is 44.6 Å². The number of carbonyl (C=O) groups is 1. The van der Waals surface area contributed by atoms with Gasteiger partial charge in [-0.25, -0.2) is 9.97 Å². The summed E-state index contributed by atoms with van der Waals surface area (Å²) in [7, 11) is 0. The summed E-state index contributed by atoms with van der Waals surface area (Å²) >= 11 is 0. The molecule has 3 aliphatic heterocycles. The zero-order valence-corrected chi connectivity index (χ0v) is 17.8. The van der Waals surface area contributed by atoms with E-state index in [1.54, 1.807) is 11.0 Å². The van der Waals surface area contributed by atoms with Gasteiger partial charge in [-0.15, -0.1) is 13.2 Å². The fourth-order valence-electron chi connectivity index (χ4n) is 4.99. The summed E-state index contributed by atoms with van der Waals surface area (Å²) in [5.74, 6) is 0.0682. The number of fused-ring (bicyclic) bond motifs is 7. The number of hydrogen-bond acceptors (Lipinski definition) is 7. The lowest BCUT2D eigenvalue weighted by Crippen LogP contribution is -2.46. The van der Waals surface area contributed by atoms with Crippen LogP contribution in [0.15, 0.2) is 30.5 Å². The molecule has 3 aromatic rings. The van der Waals surface area contributed by atoms with Crippen molar-refractivity contribution in [2.24, 2.45) is 0 Å². The van der Waals surface area contributed by atoms with Crippen LogP contribution in [0.25, 0.3) is 10.9 Å². The smallest absolute Gasteiger partial charge is 0.490 e.